The van der Waals surface area contributed by atoms with E-state index < -0.39 is 11.9 Å². The summed E-state index contributed by atoms with van der Waals surface area (Å²) in [6.07, 6.45) is 0. The molecule has 28 heavy (non-hydrogen) atoms. The van der Waals surface area contributed by atoms with Crippen molar-refractivity contribution in [1.29, 1.82) is 0 Å². The zero-order valence-corrected chi connectivity index (χ0v) is 16.5. The van der Waals surface area contributed by atoms with E-state index in [9.17, 15) is 14.4 Å². The molecule has 0 spiro atoms. The number of amides is 4. The summed E-state index contributed by atoms with van der Waals surface area (Å²) in [7, 11) is 0. The molecule has 0 bridgehead atoms. The normalized spacial score (nSPS) is 10.4. The van der Waals surface area contributed by atoms with Crippen LogP contribution in [0.15, 0.2) is 48.5 Å². The maximum absolute atomic E-state index is 12.3. The largest absolute Gasteiger partial charge is 0.325 e. The molecule has 2 aromatic carbocycles. The summed E-state index contributed by atoms with van der Waals surface area (Å²) in [5.74, 6) is -0.768. The van der Waals surface area contributed by atoms with Crippen molar-refractivity contribution in [1.82, 2.24) is 10.2 Å². The Morgan fingerprint density at radius 3 is 2.32 bits per heavy atom. The second-order valence-corrected chi connectivity index (χ2v) is 6.62. The van der Waals surface area contributed by atoms with Gasteiger partial charge in [-0.25, -0.2) is 4.79 Å². The van der Waals surface area contributed by atoms with Crippen molar-refractivity contribution < 1.29 is 14.4 Å². The predicted molar refractivity (Wildman–Crippen MR) is 111 cm³/mol. The van der Waals surface area contributed by atoms with Gasteiger partial charge in [-0.1, -0.05) is 42.8 Å². The van der Waals surface area contributed by atoms with Crippen molar-refractivity contribution in [2.75, 3.05) is 30.3 Å². The van der Waals surface area contributed by atoms with Crippen molar-refractivity contribution in [3.63, 3.8) is 0 Å². The minimum Gasteiger partial charge on any atom is -0.325 e. The first-order valence-electron chi connectivity index (χ1n) is 8.81. The summed E-state index contributed by atoms with van der Waals surface area (Å²) < 4.78 is 0. The number of likely N-dealkylation sites (N-methyl/N-ethyl adjacent to an activating group) is 1. The predicted octanol–water partition coefficient (Wildman–Crippen LogP) is 3.26. The number of para-hydroxylation sites is 1. The van der Waals surface area contributed by atoms with Gasteiger partial charge in [0.05, 0.1) is 13.1 Å². The number of anilines is 2. The lowest BCUT2D eigenvalue weighted by atomic mass is 10.2. The number of urea groups is 1. The number of rotatable bonds is 7. The van der Waals surface area contributed by atoms with Gasteiger partial charge in [0.25, 0.3) is 0 Å². The molecule has 0 atom stereocenters. The molecule has 0 aromatic heterocycles. The number of halogens is 1. The monoisotopic (exact) mass is 402 g/mol. The molecule has 3 N–H and O–H groups in total. The molecule has 0 aliphatic carbocycles. The highest BCUT2D eigenvalue weighted by Crippen LogP contribution is 2.20. The summed E-state index contributed by atoms with van der Waals surface area (Å²) >= 11 is 5.96. The Morgan fingerprint density at radius 1 is 0.964 bits per heavy atom. The topological polar surface area (TPSA) is 90.5 Å². The van der Waals surface area contributed by atoms with Gasteiger partial charge in [0.1, 0.15) is 0 Å². The fraction of sp³-hybridized carbons (Fsp3) is 0.250. The third kappa shape index (κ3) is 7.02. The van der Waals surface area contributed by atoms with E-state index in [0.717, 1.165) is 5.56 Å². The highest BCUT2D eigenvalue weighted by molar-refractivity contribution is 6.31. The van der Waals surface area contributed by atoms with Gasteiger partial charge in [0, 0.05) is 16.4 Å². The number of aryl methyl sites for hydroxylation is 1. The number of hydrogen-bond donors (Lipinski definition) is 3. The number of nitrogens with one attached hydrogen (secondary N) is 3. The van der Waals surface area contributed by atoms with E-state index in [1.807, 2.05) is 26.0 Å². The Bertz CT molecular complexity index is 843. The SMILES string of the molecule is CCN(CC(=O)NC(=O)Nc1ccccc1)CC(=O)Nc1cc(Cl)ccc1C. The van der Waals surface area contributed by atoms with E-state index in [0.29, 0.717) is 22.9 Å². The molecule has 2 aromatic rings. The summed E-state index contributed by atoms with van der Waals surface area (Å²) in [6.45, 7) is 4.09. The molecule has 8 heteroatoms. The Morgan fingerprint density at radius 2 is 1.64 bits per heavy atom. The maximum Gasteiger partial charge on any atom is 0.325 e. The van der Waals surface area contributed by atoms with Crippen LogP contribution in [0.4, 0.5) is 16.2 Å². The molecular formula is C20H23ClN4O3. The minimum atomic E-state index is -0.619. The molecule has 4 amide bonds. The summed E-state index contributed by atoms with van der Waals surface area (Å²) in [5, 5.41) is 8.13. The van der Waals surface area contributed by atoms with Crippen LogP contribution in [0.2, 0.25) is 5.02 Å². The second-order valence-electron chi connectivity index (χ2n) is 6.18. The fourth-order valence-corrected chi connectivity index (χ4v) is 2.63. The molecule has 0 saturated carbocycles. The van der Waals surface area contributed by atoms with Crippen molar-refractivity contribution >= 4 is 40.8 Å². The van der Waals surface area contributed by atoms with E-state index in [-0.39, 0.29) is 19.0 Å². The molecule has 0 saturated heterocycles. The number of benzene rings is 2. The Balaban J connectivity index is 1.83. The number of carbonyl (C=O) groups is 3. The first kappa shape index (κ1) is 21.4. The first-order chi connectivity index (χ1) is 13.4. The summed E-state index contributed by atoms with van der Waals surface area (Å²) in [6, 6.07) is 13.4. The number of imide groups is 1. The quantitative estimate of drug-likeness (QED) is 0.663. The lowest BCUT2D eigenvalue weighted by Gasteiger charge is -2.19. The number of nitrogens with zero attached hydrogens (tertiary/aromatic N) is 1. The molecule has 0 aliphatic rings. The molecule has 0 heterocycles. The van der Waals surface area contributed by atoms with Gasteiger partial charge in [-0.3, -0.25) is 19.8 Å². The summed E-state index contributed by atoms with van der Waals surface area (Å²) in [4.78, 5) is 37.9. The standard InChI is InChI=1S/C20H23ClN4O3/c1-3-25(12-18(26)23-17-11-15(21)10-9-14(17)2)13-19(27)24-20(28)22-16-7-5-4-6-8-16/h4-11H,3,12-13H2,1-2H3,(H,23,26)(H2,22,24,27,28). The van der Waals surface area contributed by atoms with Crippen LogP contribution in [0, 0.1) is 6.92 Å². The molecule has 0 radical (unpaired) electrons. The van der Waals surface area contributed by atoms with Gasteiger partial charge < -0.3 is 10.6 Å². The van der Waals surface area contributed by atoms with Gasteiger partial charge in [-0.2, -0.15) is 0 Å². The Kier molecular flexibility index (Phi) is 7.98. The molecule has 0 aliphatic heterocycles. The third-order valence-corrected chi connectivity index (χ3v) is 4.18. The first-order valence-corrected chi connectivity index (χ1v) is 9.19. The van der Waals surface area contributed by atoms with Crippen molar-refractivity contribution in [3.05, 3.63) is 59.1 Å². The molecule has 0 unspecified atom stereocenters. The van der Waals surface area contributed by atoms with Gasteiger partial charge in [0.15, 0.2) is 0 Å². The van der Waals surface area contributed by atoms with Crippen LogP contribution in [0.25, 0.3) is 0 Å². The average molecular weight is 403 g/mol. The van der Waals surface area contributed by atoms with E-state index in [2.05, 4.69) is 16.0 Å². The van der Waals surface area contributed by atoms with Crippen LogP contribution < -0.4 is 16.0 Å². The van der Waals surface area contributed by atoms with Gasteiger partial charge >= 0.3 is 6.03 Å². The molecule has 148 valence electrons. The number of carbonyl (C=O) groups excluding carboxylic acids is 3. The van der Waals surface area contributed by atoms with E-state index in [4.69, 9.17) is 11.6 Å². The Hall–Kier alpha value is -2.90. The second kappa shape index (κ2) is 10.4. The highest BCUT2D eigenvalue weighted by Gasteiger charge is 2.16. The third-order valence-electron chi connectivity index (χ3n) is 3.94. The molecule has 7 nitrogen and oxygen atoms in total. The van der Waals surface area contributed by atoms with Crippen LogP contribution in [0.1, 0.15) is 12.5 Å². The molecule has 2 rings (SSSR count). The number of hydrogen-bond acceptors (Lipinski definition) is 4. The Labute approximate surface area is 169 Å². The van der Waals surface area contributed by atoms with Crippen molar-refractivity contribution in [3.8, 4) is 0 Å². The zero-order valence-electron chi connectivity index (χ0n) is 15.8. The lowest BCUT2D eigenvalue weighted by molar-refractivity contribution is -0.122. The van der Waals surface area contributed by atoms with E-state index in [1.54, 1.807) is 41.3 Å². The zero-order chi connectivity index (χ0) is 20.5. The van der Waals surface area contributed by atoms with Crippen LogP contribution in [0.5, 0.6) is 0 Å². The summed E-state index contributed by atoms with van der Waals surface area (Å²) in [5.41, 5.74) is 2.09. The molecule has 0 fully saturated rings. The minimum absolute atomic E-state index is 0.0101. The average Bonchev–Trinajstić information content (AvgIpc) is 2.64. The van der Waals surface area contributed by atoms with E-state index in [1.165, 1.54) is 0 Å². The smallest absolute Gasteiger partial charge is 0.325 e. The molecular weight excluding hydrogens is 380 g/mol. The van der Waals surface area contributed by atoms with Crippen molar-refractivity contribution in [2.24, 2.45) is 0 Å². The van der Waals surface area contributed by atoms with Crippen LogP contribution in [-0.2, 0) is 9.59 Å². The highest BCUT2D eigenvalue weighted by atomic mass is 35.5. The van der Waals surface area contributed by atoms with Gasteiger partial charge in [-0.15, -0.1) is 0 Å². The van der Waals surface area contributed by atoms with Gasteiger partial charge in [0.2, 0.25) is 11.8 Å². The fourth-order valence-electron chi connectivity index (χ4n) is 2.45. The van der Waals surface area contributed by atoms with Crippen LogP contribution in [-0.4, -0.2) is 42.4 Å². The van der Waals surface area contributed by atoms with Crippen LogP contribution >= 0.6 is 11.6 Å². The van der Waals surface area contributed by atoms with Crippen LogP contribution in [0.3, 0.4) is 0 Å². The van der Waals surface area contributed by atoms with E-state index >= 15 is 0 Å². The lowest BCUT2D eigenvalue weighted by Crippen LogP contribution is -2.44. The van der Waals surface area contributed by atoms with Gasteiger partial charge in [-0.05, 0) is 43.3 Å². The van der Waals surface area contributed by atoms with Crippen molar-refractivity contribution in [2.45, 2.75) is 13.8 Å². The maximum atomic E-state index is 12.3.